The fourth-order valence-corrected chi connectivity index (χ4v) is 1.32. The molecule has 13 heavy (non-hydrogen) atoms. The lowest BCUT2D eigenvalue weighted by atomic mass is 10.1. The van der Waals surface area contributed by atoms with Crippen molar-refractivity contribution in [3.63, 3.8) is 0 Å². The third-order valence-electron chi connectivity index (χ3n) is 1.92. The molecular formula is C12H16O. The molecule has 0 radical (unpaired) electrons. The molecule has 0 N–H and O–H groups in total. The first-order chi connectivity index (χ1) is 6.38. The molecule has 1 aromatic carbocycles. The second-order valence-corrected chi connectivity index (χ2v) is 2.88. The van der Waals surface area contributed by atoms with Crippen LogP contribution >= 0.6 is 0 Å². The predicted octanol–water partition coefficient (Wildman–Crippen LogP) is 3.34. The van der Waals surface area contributed by atoms with E-state index in [2.05, 4.69) is 18.7 Å². The first kappa shape index (κ1) is 10.0. The minimum Gasteiger partial charge on any atom is -0.373 e. The van der Waals surface area contributed by atoms with Gasteiger partial charge in [-0.2, -0.15) is 0 Å². The van der Waals surface area contributed by atoms with Crippen molar-refractivity contribution in [1.82, 2.24) is 0 Å². The van der Waals surface area contributed by atoms with Crippen molar-refractivity contribution in [1.29, 1.82) is 0 Å². The van der Waals surface area contributed by atoms with Gasteiger partial charge >= 0.3 is 0 Å². The molecule has 0 saturated carbocycles. The first-order valence-corrected chi connectivity index (χ1v) is 4.66. The lowest BCUT2D eigenvalue weighted by Gasteiger charge is -2.15. The zero-order chi connectivity index (χ0) is 9.52. The molecule has 0 aliphatic rings. The van der Waals surface area contributed by atoms with Gasteiger partial charge in [0.2, 0.25) is 0 Å². The Morgan fingerprint density at radius 2 is 2.08 bits per heavy atom. The molecule has 70 valence electrons. The topological polar surface area (TPSA) is 9.23 Å². The summed E-state index contributed by atoms with van der Waals surface area (Å²) in [5, 5.41) is 0. The molecule has 1 heteroatoms. The van der Waals surface area contributed by atoms with Gasteiger partial charge in [-0.3, -0.25) is 0 Å². The highest BCUT2D eigenvalue weighted by Gasteiger charge is 2.07. The third kappa shape index (κ3) is 3.03. The second kappa shape index (κ2) is 5.55. The normalized spacial score (nSPS) is 12.4. The number of hydrogen-bond donors (Lipinski definition) is 0. The molecule has 1 atom stereocenters. The maximum absolute atomic E-state index is 5.60. The Morgan fingerprint density at radius 1 is 1.38 bits per heavy atom. The van der Waals surface area contributed by atoms with E-state index < -0.39 is 0 Å². The monoisotopic (exact) mass is 176 g/mol. The average Bonchev–Trinajstić information content (AvgIpc) is 2.19. The Bertz CT molecular complexity index is 241. The highest BCUT2D eigenvalue weighted by Crippen LogP contribution is 2.20. The molecule has 1 nitrogen and oxygen atoms in total. The zero-order valence-electron chi connectivity index (χ0n) is 8.07. The van der Waals surface area contributed by atoms with Crippen molar-refractivity contribution in [3.8, 4) is 0 Å². The summed E-state index contributed by atoms with van der Waals surface area (Å²) < 4.78 is 5.60. The van der Waals surface area contributed by atoms with E-state index in [4.69, 9.17) is 4.74 Å². The quantitative estimate of drug-likeness (QED) is 0.625. The molecule has 0 aromatic heterocycles. The van der Waals surface area contributed by atoms with Crippen LogP contribution in [0.15, 0.2) is 43.0 Å². The van der Waals surface area contributed by atoms with Crippen LogP contribution in [0.2, 0.25) is 0 Å². The van der Waals surface area contributed by atoms with Crippen molar-refractivity contribution in [2.24, 2.45) is 0 Å². The Balaban J connectivity index is 2.69. The lowest BCUT2D eigenvalue weighted by molar-refractivity contribution is 0.0648. The first-order valence-electron chi connectivity index (χ1n) is 4.66. The van der Waals surface area contributed by atoms with Crippen LogP contribution in [0.1, 0.15) is 25.0 Å². The van der Waals surface area contributed by atoms with Gasteiger partial charge in [-0.1, -0.05) is 36.4 Å². The fraction of sp³-hybridized carbons (Fsp3) is 0.333. The van der Waals surface area contributed by atoms with Gasteiger partial charge in [-0.15, -0.1) is 6.58 Å². The summed E-state index contributed by atoms with van der Waals surface area (Å²) in [6.07, 6.45) is 2.94. The smallest absolute Gasteiger partial charge is 0.0859 e. The lowest BCUT2D eigenvalue weighted by Crippen LogP contribution is -2.02. The molecule has 1 aromatic rings. The molecule has 0 bridgehead atoms. The Labute approximate surface area is 80.0 Å². The molecule has 1 rings (SSSR count). The molecule has 0 heterocycles. The van der Waals surface area contributed by atoms with E-state index >= 15 is 0 Å². The molecule has 0 saturated heterocycles. The fourth-order valence-electron chi connectivity index (χ4n) is 1.32. The van der Waals surface area contributed by atoms with Crippen LogP contribution in [0, 0.1) is 0 Å². The van der Waals surface area contributed by atoms with Crippen LogP contribution in [0.4, 0.5) is 0 Å². The molecular weight excluding hydrogens is 160 g/mol. The van der Waals surface area contributed by atoms with Crippen LogP contribution in [0.25, 0.3) is 0 Å². The molecule has 0 amide bonds. The van der Waals surface area contributed by atoms with E-state index in [0.717, 1.165) is 13.0 Å². The van der Waals surface area contributed by atoms with Gasteiger partial charge in [0.05, 0.1) is 6.10 Å². The highest BCUT2D eigenvalue weighted by atomic mass is 16.5. The van der Waals surface area contributed by atoms with Crippen LogP contribution < -0.4 is 0 Å². The number of ether oxygens (including phenoxy) is 1. The van der Waals surface area contributed by atoms with Gasteiger partial charge in [0.15, 0.2) is 0 Å². The van der Waals surface area contributed by atoms with Crippen LogP contribution in [-0.2, 0) is 4.74 Å². The Kier molecular flexibility index (Phi) is 4.27. The van der Waals surface area contributed by atoms with E-state index in [9.17, 15) is 0 Å². The molecule has 0 aliphatic heterocycles. The predicted molar refractivity (Wildman–Crippen MR) is 55.6 cm³/mol. The van der Waals surface area contributed by atoms with E-state index in [0.29, 0.717) is 0 Å². The molecule has 0 spiro atoms. The van der Waals surface area contributed by atoms with E-state index in [1.807, 2.05) is 31.2 Å². The van der Waals surface area contributed by atoms with Crippen molar-refractivity contribution in [3.05, 3.63) is 48.6 Å². The average molecular weight is 176 g/mol. The highest BCUT2D eigenvalue weighted by molar-refractivity contribution is 5.18. The van der Waals surface area contributed by atoms with Gasteiger partial charge in [0.25, 0.3) is 0 Å². The Morgan fingerprint density at radius 3 is 2.62 bits per heavy atom. The largest absolute Gasteiger partial charge is 0.373 e. The summed E-state index contributed by atoms with van der Waals surface area (Å²) >= 11 is 0. The van der Waals surface area contributed by atoms with Gasteiger partial charge < -0.3 is 4.74 Å². The molecule has 0 aliphatic carbocycles. The third-order valence-corrected chi connectivity index (χ3v) is 1.92. The maximum atomic E-state index is 5.60. The van der Waals surface area contributed by atoms with Gasteiger partial charge in [-0.05, 0) is 18.9 Å². The van der Waals surface area contributed by atoms with E-state index in [1.54, 1.807) is 0 Å². The summed E-state index contributed by atoms with van der Waals surface area (Å²) in [5.41, 5.74) is 1.23. The van der Waals surface area contributed by atoms with E-state index in [1.165, 1.54) is 5.56 Å². The summed E-state index contributed by atoms with van der Waals surface area (Å²) in [5.74, 6) is 0. The minimum absolute atomic E-state index is 0.170. The van der Waals surface area contributed by atoms with Crippen molar-refractivity contribution in [2.45, 2.75) is 19.4 Å². The number of benzene rings is 1. The Hall–Kier alpha value is -1.08. The maximum Gasteiger partial charge on any atom is 0.0859 e. The number of rotatable bonds is 5. The molecule has 0 fully saturated rings. The van der Waals surface area contributed by atoms with Gasteiger partial charge in [-0.25, -0.2) is 0 Å². The van der Waals surface area contributed by atoms with Crippen LogP contribution in [-0.4, -0.2) is 6.61 Å². The van der Waals surface area contributed by atoms with Gasteiger partial charge in [0, 0.05) is 6.61 Å². The zero-order valence-corrected chi connectivity index (χ0v) is 8.07. The summed E-state index contributed by atoms with van der Waals surface area (Å²) in [6, 6.07) is 10.3. The van der Waals surface area contributed by atoms with Gasteiger partial charge in [0.1, 0.15) is 0 Å². The summed E-state index contributed by atoms with van der Waals surface area (Å²) in [7, 11) is 0. The summed E-state index contributed by atoms with van der Waals surface area (Å²) in [6.45, 7) is 6.48. The SMILES string of the molecule is C=CCC(OCC)c1ccccc1. The molecule has 1 unspecified atom stereocenters. The van der Waals surface area contributed by atoms with Crippen LogP contribution in [0.3, 0.4) is 0 Å². The van der Waals surface area contributed by atoms with E-state index in [-0.39, 0.29) is 6.10 Å². The second-order valence-electron chi connectivity index (χ2n) is 2.88. The minimum atomic E-state index is 0.170. The summed E-state index contributed by atoms with van der Waals surface area (Å²) in [4.78, 5) is 0. The van der Waals surface area contributed by atoms with Crippen molar-refractivity contribution < 1.29 is 4.74 Å². The standard InChI is InChI=1S/C12H16O/c1-3-8-12(13-4-2)11-9-6-5-7-10-11/h3,5-7,9-10,12H,1,4,8H2,2H3. The number of hydrogen-bond acceptors (Lipinski definition) is 1. The van der Waals surface area contributed by atoms with Crippen molar-refractivity contribution >= 4 is 0 Å². The van der Waals surface area contributed by atoms with Crippen LogP contribution in [0.5, 0.6) is 0 Å². The van der Waals surface area contributed by atoms with Crippen molar-refractivity contribution in [2.75, 3.05) is 6.61 Å².